The minimum Gasteiger partial charge on any atom is -0.381 e. The first-order chi connectivity index (χ1) is 9.49. The maximum atomic E-state index is 3.60. The Labute approximate surface area is 125 Å². The van der Waals surface area contributed by atoms with Gasteiger partial charge in [-0.25, -0.2) is 0 Å². The smallest absolute Gasteiger partial charge is 0.0814 e. The fraction of sp³-hybridized carbons (Fsp3) is 0.444. The van der Waals surface area contributed by atoms with Crippen molar-refractivity contribution in [3.63, 3.8) is 0 Å². The van der Waals surface area contributed by atoms with Gasteiger partial charge in [-0.15, -0.1) is 0 Å². The topological polar surface area (TPSA) is 12.0 Å². The van der Waals surface area contributed by atoms with E-state index in [9.17, 15) is 0 Å². The van der Waals surface area contributed by atoms with Gasteiger partial charge in [-0.05, 0) is 47.4 Å². The molecule has 1 heterocycles. The predicted molar refractivity (Wildman–Crippen MR) is 90.2 cm³/mol. The van der Waals surface area contributed by atoms with E-state index in [0.717, 1.165) is 0 Å². The molecule has 1 nitrogen and oxygen atoms in total. The van der Waals surface area contributed by atoms with E-state index in [2.05, 4.69) is 75.7 Å². The van der Waals surface area contributed by atoms with Gasteiger partial charge in [-0.3, -0.25) is 0 Å². The Hall–Kier alpha value is -1.28. The second kappa shape index (κ2) is 6.44. The van der Waals surface area contributed by atoms with Crippen LogP contribution in [0.15, 0.2) is 47.3 Å². The van der Waals surface area contributed by atoms with Crippen molar-refractivity contribution < 1.29 is 0 Å². The molecular formula is C18H26NSi. The fourth-order valence-corrected chi connectivity index (χ4v) is 4.00. The van der Waals surface area contributed by atoms with Crippen molar-refractivity contribution in [3.8, 4) is 0 Å². The van der Waals surface area contributed by atoms with Crippen LogP contribution < -0.4 is 5.32 Å². The maximum absolute atomic E-state index is 3.60. The molecule has 0 spiro atoms. The molecule has 0 saturated carbocycles. The van der Waals surface area contributed by atoms with Gasteiger partial charge in [0, 0.05) is 0 Å². The number of hydrogen-bond donors (Lipinski definition) is 1. The van der Waals surface area contributed by atoms with Gasteiger partial charge in [0.1, 0.15) is 0 Å². The minimum absolute atomic E-state index is 0.329. The first kappa shape index (κ1) is 15.1. The van der Waals surface area contributed by atoms with E-state index in [0.29, 0.717) is 12.0 Å². The molecule has 2 rings (SSSR count). The Bertz CT molecular complexity index is 526. The third kappa shape index (κ3) is 3.43. The molecule has 2 heteroatoms. The van der Waals surface area contributed by atoms with E-state index in [1.165, 1.54) is 17.5 Å². The van der Waals surface area contributed by atoms with Crippen LogP contribution >= 0.6 is 0 Å². The summed E-state index contributed by atoms with van der Waals surface area (Å²) in [5.41, 5.74) is 4.32. The molecule has 1 radical (unpaired) electrons. The summed E-state index contributed by atoms with van der Waals surface area (Å²) in [6.45, 7) is 11.6. The Morgan fingerprint density at radius 3 is 2.50 bits per heavy atom. The zero-order chi connectivity index (χ0) is 14.7. The van der Waals surface area contributed by atoms with Gasteiger partial charge in [0.25, 0.3) is 0 Å². The lowest BCUT2D eigenvalue weighted by Crippen LogP contribution is -2.24. The molecule has 1 atom stereocenters. The third-order valence-corrected chi connectivity index (χ3v) is 5.35. The summed E-state index contributed by atoms with van der Waals surface area (Å²) in [5, 5.41) is 5.16. The van der Waals surface area contributed by atoms with Crippen molar-refractivity contribution in [2.24, 2.45) is 5.92 Å². The van der Waals surface area contributed by atoms with Crippen molar-refractivity contribution in [2.45, 2.75) is 46.3 Å². The number of benzene rings is 1. The molecule has 1 aliphatic rings. The number of allylic oxidation sites excluding steroid dienone is 2. The fourth-order valence-electron chi connectivity index (χ4n) is 2.80. The summed E-state index contributed by atoms with van der Waals surface area (Å²) in [4.78, 5) is 0. The van der Waals surface area contributed by atoms with Crippen molar-refractivity contribution >= 4 is 8.80 Å². The lowest BCUT2D eigenvalue weighted by atomic mass is 9.94. The number of nitrogens with one attached hydrogen (secondary N) is 1. The van der Waals surface area contributed by atoms with E-state index in [1.54, 1.807) is 10.8 Å². The number of dihydropyridines is 1. The van der Waals surface area contributed by atoms with Crippen LogP contribution in [0.2, 0.25) is 13.1 Å². The summed E-state index contributed by atoms with van der Waals surface area (Å²) in [6.07, 6.45) is 5.92. The molecule has 1 aromatic rings. The summed E-state index contributed by atoms with van der Waals surface area (Å²) < 4.78 is 0. The first-order valence-electron chi connectivity index (χ1n) is 7.52. The standard InChI is InChI=1S/C18H26NSi/c1-13(2)10-15-11-17(19-12-18(15)20(4)5)16-9-7-6-8-14(16)3/h6-9,11-13,17,19H,10H2,1-5H3. The van der Waals surface area contributed by atoms with Crippen LogP contribution in [0.1, 0.15) is 37.4 Å². The monoisotopic (exact) mass is 284 g/mol. The average molecular weight is 284 g/mol. The quantitative estimate of drug-likeness (QED) is 0.784. The van der Waals surface area contributed by atoms with Crippen LogP contribution in [0.5, 0.6) is 0 Å². The van der Waals surface area contributed by atoms with E-state index in [-0.39, 0.29) is 0 Å². The van der Waals surface area contributed by atoms with Crippen LogP contribution in [-0.2, 0) is 0 Å². The molecule has 1 aliphatic heterocycles. The highest BCUT2D eigenvalue weighted by atomic mass is 28.3. The van der Waals surface area contributed by atoms with Crippen LogP contribution in [0.3, 0.4) is 0 Å². The van der Waals surface area contributed by atoms with E-state index < -0.39 is 8.80 Å². The minimum atomic E-state index is -0.413. The van der Waals surface area contributed by atoms with Gasteiger partial charge < -0.3 is 5.32 Å². The molecule has 0 fully saturated rings. The molecule has 20 heavy (non-hydrogen) atoms. The largest absolute Gasteiger partial charge is 0.381 e. The summed E-state index contributed by atoms with van der Waals surface area (Å²) >= 11 is 0. The van der Waals surface area contributed by atoms with Gasteiger partial charge >= 0.3 is 0 Å². The lowest BCUT2D eigenvalue weighted by molar-refractivity contribution is 0.631. The second-order valence-corrected chi connectivity index (χ2v) is 8.89. The average Bonchev–Trinajstić information content (AvgIpc) is 2.38. The molecule has 0 aromatic heterocycles. The zero-order valence-corrected chi connectivity index (χ0v) is 14.3. The van der Waals surface area contributed by atoms with Gasteiger partial charge in [0.2, 0.25) is 0 Å². The van der Waals surface area contributed by atoms with Crippen molar-refractivity contribution in [2.75, 3.05) is 0 Å². The summed E-state index contributed by atoms with van der Waals surface area (Å²) in [6, 6.07) is 9.00. The molecule has 0 bridgehead atoms. The first-order valence-corrected chi connectivity index (χ1v) is 10.0. The lowest BCUT2D eigenvalue weighted by Gasteiger charge is -2.27. The molecular weight excluding hydrogens is 258 g/mol. The normalized spacial score (nSPS) is 18.9. The van der Waals surface area contributed by atoms with Crippen molar-refractivity contribution in [1.82, 2.24) is 5.32 Å². The Kier molecular flexibility index (Phi) is 4.87. The Morgan fingerprint density at radius 2 is 1.90 bits per heavy atom. The zero-order valence-electron chi connectivity index (χ0n) is 13.3. The van der Waals surface area contributed by atoms with Crippen LogP contribution in [-0.4, -0.2) is 8.80 Å². The van der Waals surface area contributed by atoms with Crippen LogP contribution in [0.4, 0.5) is 0 Å². The summed E-state index contributed by atoms with van der Waals surface area (Å²) in [7, 11) is -0.413. The summed E-state index contributed by atoms with van der Waals surface area (Å²) in [5.74, 6) is 0.710. The van der Waals surface area contributed by atoms with Crippen molar-refractivity contribution in [1.29, 1.82) is 0 Å². The number of aryl methyl sites for hydroxylation is 1. The molecule has 1 N–H and O–H groups in total. The SMILES string of the molecule is Cc1ccccc1C1C=C(CC(C)C)C([Si](C)C)=CN1. The highest BCUT2D eigenvalue weighted by molar-refractivity contribution is 6.65. The number of hydrogen-bond acceptors (Lipinski definition) is 1. The van der Waals surface area contributed by atoms with Crippen molar-refractivity contribution in [3.05, 3.63) is 58.4 Å². The van der Waals surface area contributed by atoms with Gasteiger partial charge in [0.05, 0.1) is 14.8 Å². The molecule has 0 saturated heterocycles. The second-order valence-electron chi connectivity index (χ2n) is 6.35. The molecule has 0 amide bonds. The molecule has 107 valence electrons. The van der Waals surface area contributed by atoms with Crippen LogP contribution in [0, 0.1) is 12.8 Å². The molecule has 1 unspecified atom stereocenters. The van der Waals surface area contributed by atoms with Crippen LogP contribution in [0.25, 0.3) is 0 Å². The Balaban J connectivity index is 2.31. The molecule has 0 aliphatic carbocycles. The van der Waals surface area contributed by atoms with Gasteiger partial charge in [0.15, 0.2) is 0 Å². The van der Waals surface area contributed by atoms with Gasteiger partial charge in [-0.1, -0.05) is 57.3 Å². The maximum Gasteiger partial charge on any atom is 0.0814 e. The van der Waals surface area contributed by atoms with Gasteiger partial charge in [-0.2, -0.15) is 0 Å². The number of rotatable bonds is 4. The highest BCUT2D eigenvalue weighted by Gasteiger charge is 2.20. The van der Waals surface area contributed by atoms with E-state index in [4.69, 9.17) is 0 Å². The van der Waals surface area contributed by atoms with E-state index in [1.807, 2.05) is 0 Å². The highest BCUT2D eigenvalue weighted by Crippen LogP contribution is 2.30. The third-order valence-electron chi connectivity index (χ3n) is 3.81. The Morgan fingerprint density at radius 1 is 1.20 bits per heavy atom. The molecule has 1 aromatic carbocycles. The van der Waals surface area contributed by atoms with E-state index >= 15 is 0 Å². The predicted octanol–water partition coefficient (Wildman–Crippen LogP) is 4.79.